The minimum atomic E-state index is -0.262. The summed E-state index contributed by atoms with van der Waals surface area (Å²) in [6.45, 7) is 4.68. The minimum absolute atomic E-state index is 0.193. The van der Waals surface area contributed by atoms with Crippen LogP contribution in [-0.4, -0.2) is 39.5 Å². The van der Waals surface area contributed by atoms with Gasteiger partial charge in [-0.3, -0.25) is 9.59 Å². The van der Waals surface area contributed by atoms with Crippen molar-refractivity contribution in [2.45, 2.75) is 39.0 Å². The van der Waals surface area contributed by atoms with Gasteiger partial charge in [-0.2, -0.15) is 9.61 Å². The number of carbonyl (C=O) groups is 1. The van der Waals surface area contributed by atoms with Crippen molar-refractivity contribution in [3.05, 3.63) is 58.0 Å². The second-order valence-electron chi connectivity index (χ2n) is 8.59. The first-order valence-electron chi connectivity index (χ1n) is 9.71. The summed E-state index contributed by atoms with van der Waals surface area (Å²) >= 11 is 0. The quantitative estimate of drug-likeness (QED) is 0.756. The Hall–Kier alpha value is -2.89. The lowest BCUT2D eigenvalue weighted by Gasteiger charge is -2.27. The molecular formula is C22H26N4O2. The standard InChI is InChI=1S/C22H26N4O2/c1-22(2)11-5-6-17(22)14-7-9-15(10-8-14)18-12-19(27)26-20(24-18)16(13-23-26)21(28)25(3)4/h7-10,12-13,17,24H,5-6,11H2,1-4H3/t17-/m0/s1. The summed E-state index contributed by atoms with van der Waals surface area (Å²) in [4.78, 5) is 29.6. The highest BCUT2D eigenvalue weighted by Gasteiger charge is 2.35. The number of amides is 1. The number of rotatable bonds is 3. The number of H-pyrrole nitrogens is 1. The fourth-order valence-electron chi connectivity index (χ4n) is 4.38. The molecule has 1 saturated carbocycles. The van der Waals surface area contributed by atoms with Crippen molar-refractivity contribution >= 4 is 11.6 Å². The van der Waals surface area contributed by atoms with E-state index in [1.54, 1.807) is 14.1 Å². The monoisotopic (exact) mass is 378 g/mol. The van der Waals surface area contributed by atoms with Crippen LogP contribution in [0, 0.1) is 5.41 Å². The molecule has 0 radical (unpaired) electrons. The second-order valence-corrected chi connectivity index (χ2v) is 8.59. The predicted molar refractivity (Wildman–Crippen MR) is 110 cm³/mol. The third-order valence-electron chi connectivity index (χ3n) is 6.02. The number of nitrogens with zero attached hydrogens (tertiary/aromatic N) is 3. The predicted octanol–water partition coefficient (Wildman–Crippen LogP) is 3.69. The molecule has 0 bridgehead atoms. The van der Waals surface area contributed by atoms with E-state index in [0.717, 1.165) is 5.56 Å². The van der Waals surface area contributed by atoms with Crippen LogP contribution in [0.25, 0.3) is 16.9 Å². The summed E-state index contributed by atoms with van der Waals surface area (Å²) in [7, 11) is 3.36. The highest BCUT2D eigenvalue weighted by atomic mass is 16.2. The molecule has 1 amide bonds. The summed E-state index contributed by atoms with van der Waals surface area (Å²) in [5, 5.41) is 4.06. The van der Waals surface area contributed by atoms with Crippen LogP contribution in [-0.2, 0) is 0 Å². The molecule has 1 aliphatic carbocycles. The maximum absolute atomic E-state index is 12.5. The SMILES string of the molecule is CN(C)C(=O)c1cnn2c(=O)cc(-c3ccc([C@@H]4CCCC4(C)C)cc3)[nH]c12. The van der Waals surface area contributed by atoms with E-state index in [9.17, 15) is 9.59 Å². The van der Waals surface area contributed by atoms with Crippen LogP contribution < -0.4 is 5.56 Å². The van der Waals surface area contributed by atoms with Crippen molar-refractivity contribution in [1.29, 1.82) is 0 Å². The number of hydrogen-bond acceptors (Lipinski definition) is 3. The Morgan fingerprint density at radius 2 is 1.96 bits per heavy atom. The summed E-state index contributed by atoms with van der Waals surface area (Å²) in [5.74, 6) is 0.379. The number of carbonyl (C=O) groups excluding carboxylic acids is 1. The lowest BCUT2D eigenvalue weighted by molar-refractivity contribution is 0.0829. The van der Waals surface area contributed by atoms with Gasteiger partial charge >= 0.3 is 0 Å². The normalized spacial score (nSPS) is 18.5. The van der Waals surface area contributed by atoms with E-state index in [1.807, 2.05) is 0 Å². The molecule has 1 fully saturated rings. The van der Waals surface area contributed by atoms with Crippen LogP contribution in [0.5, 0.6) is 0 Å². The maximum Gasteiger partial charge on any atom is 0.274 e. The van der Waals surface area contributed by atoms with E-state index in [1.165, 1.54) is 46.5 Å². The van der Waals surface area contributed by atoms with Gasteiger partial charge in [0.15, 0.2) is 5.65 Å². The molecule has 1 N–H and O–H groups in total. The van der Waals surface area contributed by atoms with Crippen LogP contribution in [0.4, 0.5) is 0 Å². The molecule has 0 spiro atoms. The summed E-state index contributed by atoms with van der Waals surface area (Å²) in [6, 6.07) is 9.96. The second kappa shape index (κ2) is 6.62. The molecule has 0 aliphatic heterocycles. The van der Waals surface area contributed by atoms with Gasteiger partial charge in [-0.05, 0) is 35.3 Å². The molecule has 3 aromatic rings. The third-order valence-corrected chi connectivity index (χ3v) is 6.02. The maximum atomic E-state index is 12.5. The van der Waals surface area contributed by atoms with Gasteiger partial charge in [0.25, 0.3) is 11.5 Å². The van der Waals surface area contributed by atoms with Crippen molar-refractivity contribution in [3.63, 3.8) is 0 Å². The van der Waals surface area contributed by atoms with E-state index < -0.39 is 0 Å². The molecule has 1 atom stereocenters. The molecule has 28 heavy (non-hydrogen) atoms. The smallest absolute Gasteiger partial charge is 0.274 e. The summed E-state index contributed by atoms with van der Waals surface area (Å²) in [6.07, 6.45) is 5.19. The fraction of sp³-hybridized carbons (Fsp3) is 0.409. The molecule has 1 aromatic carbocycles. The van der Waals surface area contributed by atoms with E-state index >= 15 is 0 Å². The molecule has 0 unspecified atom stereocenters. The lowest BCUT2D eigenvalue weighted by Crippen LogP contribution is -2.22. The Kier molecular flexibility index (Phi) is 4.37. The zero-order valence-electron chi connectivity index (χ0n) is 16.8. The highest BCUT2D eigenvalue weighted by molar-refractivity contribution is 5.99. The van der Waals surface area contributed by atoms with Gasteiger partial charge in [0.05, 0.1) is 11.9 Å². The van der Waals surface area contributed by atoms with E-state index in [-0.39, 0.29) is 11.5 Å². The highest BCUT2D eigenvalue weighted by Crippen LogP contribution is 2.48. The average Bonchev–Trinajstić information content (AvgIpc) is 3.24. The molecule has 2 aromatic heterocycles. The number of aromatic amines is 1. The molecule has 1 aliphatic rings. The van der Waals surface area contributed by atoms with Crippen molar-refractivity contribution in [2.24, 2.45) is 5.41 Å². The van der Waals surface area contributed by atoms with Crippen molar-refractivity contribution in [2.75, 3.05) is 14.1 Å². The Balaban J connectivity index is 1.74. The molecule has 4 rings (SSSR count). The molecule has 0 saturated heterocycles. The van der Waals surface area contributed by atoms with Gasteiger partial charge in [-0.1, -0.05) is 44.5 Å². The summed E-state index contributed by atoms with van der Waals surface area (Å²) < 4.78 is 1.23. The van der Waals surface area contributed by atoms with Crippen LogP contribution >= 0.6 is 0 Å². The molecule has 6 nitrogen and oxygen atoms in total. The minimum Gasteiger partial charge on any atom is -0.345 e. The van der Waals surface area contributed by atoms with Crippen LogP contribution in [0.3, 0.4) is 0 Å². The number of aromatic nitrogens is 3. The van der Waals surface area contributed by atoms with Crippen molar-refractivity contribution in [1.82, 2.24) is 19.5 Å². The molecule has 6 heteroatoms. The molecule has 146 valence electrons. The Morgan fingerprint density at radius 3 is 2.57 bits per heavy atom. The number of benzene rings is 1. The molecular weight excluding hydrogens is 352 g/mol. The third kappa shape index (κ3) is 3.03. The van der Waals surface area contributed by atoms with Crippen LogP contribution in [0.15, 0.2) is 41.3 Å². The number of nitrogens with one attached hydrogen (secondary N) is 1. The zero-order valence-corrected chi connectivity index (χ0v) is 16.8. The number of fused-ring (bicyclic) bond motifs is 1. The molecule has 2 heterocycles. The van der Waals surface area contributed by atoms with Gasteiger partial charge in [-0.15, -0.1) is 0 Å². The van der Waals surface area contributed by atoms with E-state index in [2.05, 4.69) is 48.2 Å². The number of hydrogen-bond donors (Lipinski definition) is 1. The first-order chi connectivity index (χ1) is 13.3. The van der Waals surface area contributed by atoms with Gasteiger partial charge in [0, 0.05) is 20.2 Å². The van der Waals surface area contributed by atoms with Crippen LogP contribution in [0.2, 0.25) is 0 Å². The van der Waals surface area contributed by atoms with Gasteiger partial charge < -0.3 is 9.88 Å². The lowest BCUT2D eigenvalue weighted by atomic mass is 9.77. The van der Waals surface area contributed by atoms with Gasteiger partial charge in [0.1, 0.15) is 5.56 Å². The largest absolute Gasteiger partial charge is 0.345 e. The topological polar surface area (TPSA) is 70.5 Å². The first kappa shape index (κ1) is 18.5. The van der Waals surface area contributed by atoms with Gasteiger partial charge in [-0.25, -0.2) is 0 Å². The first-order valence-corrected chi connectivity index (χ1v) is 9.71. The average molecular weight is 378 g/mol. The van der Waals surface area contributed by atoms with E-state index in [0.29, 0.717) is 28.2 Å². The van der Waals surface area contributed by atoms with Crippen LogP contribution in [0.1, 0.15) is 54.9 Å². The fourth-order valence-corrected chi connectivity index (χ4v) is 4.38. The summed E-state index contributed by atoms with van der Waals surface area (Å²) in [5.41, 5.74) is 3.82. The van der Waals surface area contributed by atoms with Crippen molar-refractivity contribution in [3.8, 4) is 11.3 Å². The van der Waals surface area contributed by atoms with Gasteiger partial charge in [0.2, 0.25) is 0 Å². The Morgan fingerprint density at radius 1 is 1.25 bits per heavy atom. The zero-order chi connectivity index (χ0) is 20.1. The van der Waals surface area contributed by atoms with E-state index in [4.69, 9.17) is 0 Å². The Bertz CT molecular complexity index is 1090. The Labute approximate surface area is 164 Å². The van der Waals surface area contributed by atoms with Crippen molar-refractivity contribution < 1.29 is 4.79 Å².